The fourth-order valence-corrected chi connectivity index (χ4v) is 7.61. The van der Waals surface area contributed by atoms with Crippen molar-refractivity contribution in [2.45, 2.75) is 53.4 Å². The van der Waals surface area contributed by atoms with Gasteiger partial charge < -0.3 is 0 Å². The fourth-order valence-electron chi connectivity index (χ4n) is 5.19. The van der Waals surface area contributed by atoms with Crippen LogP contribution < -0.4 is 0 Å². The molecule has 0 bridgehead atoms. The van der Waals surface area contributed by atoms with E-state index in [-0.39, 0.29) is 0 Å². The van der Waals surface area contributed by atoms with E-state index in [0.29, 0.717) is 0 Å². The van der Waals surface area contributed by atoms with Gasteiger partial charge in [-0.25, -0.2) is 0 Å². The highest BCUT2D eigenvalue weighted by Gasteiger charge is 2.14. The van der Waals surface area contributed by atoms with Gasteiger partial charge in [0.05, 0.1) is 0 Å². The Labute approximate surface area is 210 Å². The van der Waals surface area contributed by atoms with Crippen LogP contribution in [0.25, 0.3) is 51.1 Å². The molecule has 2 heteroatoms. The second-order valence-electron chi connectivity index (χ2n) is 10.7. The molecular weight excluding hydrogens is 448 g/mol. The van der Waals surface area contributed by atoms with E-state index in [0.717, 1.165) is 11.8 Å². The van der Waals surface area contributed by atoms with Crippen molar-refractivity contribution in [1.82, 2.24) is 0 Å². The number of aryl methyl sites for hydroxylation is 2. The van der Waals surface area contributed by atoms with E-state index in [9.17, 15) is 0 Å². The smallest absolute Gasteiger partial charge is 0.0434 e. The van der Waals surface area contributed by atoms with Crippen LogP contribution in [0.5, 0.6) is 0 Å². The molecule has 0 amide bonds. The summed E-state index contributed by atoms with van der Waals surface area (Å²) >= 11 is 3.91. The summed E-state index contributed by atoms with van der Waals surface area (Å²) in [6.07, 6.45) is 4.83. The van der Waals surface area contributed by atoms with Gasteiger partial charge in [-0.15, -0.1) is 22.7 Å². The summed E-state index contributed by atoms with van der Waals surface area (Å²) in [6, 6.07) is 23.8. The summed E-state index contributed by atoms with van der Waals surface area (Å²) in [5, 5.41) is 8.48. The Morgan fingerprint density at radius 1 is 0.500 bits per heavy atom. The lowest BCUT2D eigenvalue weighted by Crippen LogP contribution is -1.91. The lowest BCUT2D eigenvalue weighted by molar-refractivity contribution is 0.587. The minimum atomic E-state index is 0.744. The molecule has 0 spiro atoms. The summed E-state index contributed by atoms with van der Waals surface area (Å²) in [5.41, 5.74) is 2.93. The van der Waals surface area contributed by atoms with Crippen molar-refractivity contribution in [3.05, 3.63) is 71.8 Å². The van der Waals surface area contributed by atoms with Crippen molar-refractivity contribution >= 4 is 73.8 Å². The van der Waals surface area contributed by atoms with Gasteiger partial charge in [0.1, 0.15) is 0 Å². The van der Waals surface area contributed by atoms with E-state index in [2.05, 4.69) is 88.4 Å². The van der Waals surface area contributed by atoms with Crippen LogP contribution in [0.3, 0.4) is 0 Å². The lowest BCUT2D eigenvalue weighted by atomic mass is 9.99. The topological polar surface area (TPSA) is 0 Å². The molecule has 0 saturated carbocycles. The molecule has 0 fully saturated rings. The summed E-state index contributed by atoms with van der Waals surface area (Å²) < 4.78 is 5.68. The van der Waals surface area contributed by atoms with E-state index >= 15 is 0 Å². The first-order valence-corrected chi connectivity index (χ1v) is 14.3. The standard InChI is InChI=1S/C32H32S2/c1-19(2)5-7-21-9-15-29-27(17-21)25-13-11-24-23(31(25)33-29)12-14-26-28-18-22(8-6-20(3)4)10-16-30(28)34-32(24)26/h9-20H,5-8H2,1-4H3. The predicted molar refractivity (Wildman–Crippen MR) is 156 cm³/mol. The minimum Gasteiger partial charge on any atom is -0.135 e. The molecule has 4 aromatic carbocycles. The zero-order valence-corrected chi connectivity index (χ0v) is 22.2. The summed E-state index contributed by atoms with van der Waals surface area (Å²) in [6.45, 7) is 9.25. The van der Waals surface area contributed by atoms with E-state index in [1.807, 2.05) is 22.7 Å². The van der Waals surface area contributed by atoms with Crippen molar-refractivity contribution in [3.8, 4) is 0 Å². The maximum atomic E-state index is 2.44. The van der Waals surface area contributed by atoms with Crippen LogP contribution in [0.1, 0.15) is 51.7 Å². The highest BCUT2D eigenvalue weighted by Crippen LogP contribution is 2.44. The van der Waals surface area contributed by atoms with Gasteiger partial charge in [-0.2, -0.15) is 0 Å². The van der Waals surface area contributed by atoms with Gasteiger partial charge in [0.2, 0.25) is 0 Å². The first kappa shape index (κ1) is 22.1. The normalized spacial score (nSPS) is 12.5. The average molecular weight is 481 g/mol. The molecule has 34 heavy (non-hydrogen) atoms. The first-order chi connectivity index (χ1) is 16.5. The van der Waals surface area contributed by atoms with E-state index < -0.39 is 0 Å². The van der Waals surface area contributed by atoms with Crippen molar-refractivity contribution in [3.63, 3.8) is 0 Å². The van der Waals surface area contributed by atoms with Gasteiger partial charge in [-0.1, -0.05) is 64.1 Å². The minimum absolute atomic E-state index is 0.744. The predicted octanol–water partition coefficient (Wildman–Crippen LogP) is 10.8. The Bertz CT molecular complexity index is 1530. The van der Waals surface area contributed by atoms with E-state index in [1.54, 1.807) is 0 Å². The number of rotatable bonds is 6. The third-order valence-electron chi connectivity index (χ3n) is 7.22. The summed E-state index contributed by atoms with van der Waals surface area (Å²) in [5.74, 6) is 1.49. The number of benzene rings is 4. The molecule has 2 aromatic heterocycles. The molecule has 0 aliphatic carbocycles. The monoisotopic (exact) mass is 480 g/mol. The number of hydrogen-bond acceptors (Lipinski definition) is 2. The van der Waals surface area contributed by atoms with Crippen LogP contribution >= 0.6 is 22.7 Å². The van der Waals surface area contributed by atoms with Crippen LogP contribution in [0.15, 0.2) is 60.7 Å². The van der Waals surface area contributed by atoms with Gasteiger partial charge in [0, 0.05) is 51.1 Å². The molecule has 0 atom stereocenters. The van der Waals surface area contributed by atoms with Crippen LogP contribution in [0.2, 0.25) is 0 Å². The molecule has 0 aliphatic rings. The van der Waals surface area contributed by atoms with Gasteiger partial charge in [0.25, 0.3) is 0 Å². The largest absolute Gasteiger partial charge is 0.135 e. The van der Waals surface area contributed by atoms with Crippen LogP contribution in [-0.4, -0.2) is 0 Å². The Hall–Kier alpha value is -2.42. The summed E-state index contributed by atoms with van der Waals surface area (Å²) in [7, 11) is 0. The highest BCUT2D eigenvalue weighted by atomic mass is 32.1. The van der Waals surface area contributed by atoms with Crippen molar-refractivity contribution < 1.29 is 0 Å². The number of fused-ring (bicyclic) bond motifs is 9. The molecule has 0 saturated heterocycles. The molecule has 0 N–H and O–H groups in total. The first-order valence-electron chi connectivity index (χ1n) is 12.7. The molecule has 6 aromatic rings. The SMILES string of the molecule is CC(C)CCc1ccc2sc3c(ccc4c3ccc3c5cc(CCC(C)C)ccc5sc34)c2c1. The Morgan fingerprint density at radius 3 is 1.26 bits per heavy atom. The molecule has 172 valence electrons. The van der Waals surface area contributed by atoms with Gasteiger partial charge >= 0.3 is 0 Å². The molecule has 0 unspecified atom stereocenters. The van der Waals surface area contributed by atoms with Gasteiger partial charge in [-0.3, -0.25) is 0 Å². The molecule has 0 aliphatic heterocycles. The Kier molecular flexibility index (Phi) is 5.62. The maximum absolute atomic E-state index is 2.44. The zero-order valence-electron chi connectivity index (χ0n) is 20.6. The highest BCUT2D eigenvalue weighted by molar-refractivity contribution is 7.28. The van der Waals surface area contributed by atoms with Gasteiger partial charge in [-0.05, 0) is 72.9 Å². The second-order valence-corrected chi connectivity index (χ2v) is 12.8. The van der Waals surface area contributed by atoms with Gasteiger partial charge in [0.15, 0.2) is 0 Å². The van der Waals surface area contributed by atoms with E-state index in [4.69, 9.17) is 0 Å². The quantitative estimate of drug-likeness (QED) is 0.222. The summed E-state index contributed by atoms with van der Waals surface area (Å²) in [4.78, 5) is 0. The van der Waals surface area contributed by atoms with Crippen molar-refractivity contribution in [1.29, 1.82) is 0 Å². The Morgan fingerprint density at radius 2 is 0.882 bits per heavy atom. The third-order valence-corrected chi connectivity index (χ3v) is 9.65. The lowest BCUT2D eigenvalue weighted by Gasteiger charge is -2.05. The van der Waals surface area contributed by atoms with Crippen molar-refractivity contribution in [2.24, 2.45) is 11.8 Å². The number of hydrogen-bond donors (Lipinski definition) is 0. The van der Waals surface area contributed by atoms with Crippen LogP contribution in [0.4, 0.5) is 0 Å². The average Bonchev–Trinajstić information content (AvgIpc) is 3.39. The Balaban J connectivity index is 1.50. The second kappa shape index (κ2) is 8.66. The fraction of sp³-hybridized carbons (Fsp3) is 0.312. The maximum Gasteiger partial charge on any atom is 0.0434 e. The van der Waals surface area contributed by atoms with Crippen LogP contribution in [0, 0.1) is 11.8 Å². The molecule has 0 nitrogen and oxygen atoms in total. The number of thiophene rings is 2. The molecular formula is C32H32S2. The molecule has 0 radical (unpaired) electrons. The van der Waals surface area contributed by atoms with E-state index in [1.165, 1.54) is 87.9 Å². The molecule has 6 rings (SSSR count). The third kappa shape index (κ3) is 3.82. The van der Waals surface area contributed by atoms with Crippen LogP contribution in [-0.2, 0) is 12.8 Å². The molecule has 2 heterocycles. The zero-order chi connectivity index (χ0) is 23.4. The van der Waals surface area contributed by atoms with Crippen molar-refractivity contribution in [2.75, 3.05) is 0 Å².